The number of benzene rings is 3. The molecule has 8 heteroatoms. The Morgan fingerprint density at radius 3 is 2.30 bits per heavy atom. The molecule has 0 unspecified atom stereocenters. The lowest BCUT2D eigenvalue weighted by Crippen LogP contribution is -2.52. The molecule has 2 amide bonds. The van der Waals surface area contributed by atoms with Crippen LogP contribution in [0.2, 0.25) is 15.1 Å². The highest BCUT2D eigenvalue weighted by Gasteiger charge is 2.31. The van der Waals surface area contributed by atoms with E-state index in [-0.39, 0.29) is 30.2 Å². The molecule has 0 heterocycles. The Balaban J connectivity index is 1.89. The van der Waals surface area contributed by atoms with Gasteiger partial charge in [-0.2, -0.15) is 0 Å². The molecule has 0 radical (unpaired) electrons. The average Bonchev–Trinajstić information content (AvgIpc) is 2.88. The van der Waals surface area contributed by atoms with E-state index in [4.69, 9.17) is 34.8 Å². The maximum absolute atomic E-state index is 13.7. The first-order chi connectivity index (χ1) is 17.8. The lowest BCUT2D eigenvalue weighted by molar-refractivity contribution is -0.139. The Bertz CT molecular complexity index is 1190. The van der Waals surface area contributed by atoms with E-state index < -0.39 is 6.04 Å². The Morgan fingerprint density at radius 1 is 0.919 bits per heavy atom. The third kappa shape index (κ3) is 8.96. The van der Waals surface area contributed by atoms with Crippen LogP contribution in [-0.4, -0.2) is 34.6 Å². The van der Waals surface area contributed by atoms with Crippen molar-refractivity contribution in [3.05, 3.63) is 105 Å². The normalized spacial score (nSPS) is 12.6. The van der Waals surface area contributed by atoms with Crippen LogP contribution in [0.5, 0.6) is 0 Å². The molecular formula is C29H31Cl3N2O2S. The van der Waals surface area contributed by atoms with Crippen molar-refractivity contribution in [1.29, 1.82) is 0 Å². The molecule has 0 saturated heterocycles. The first-order valence-corrected chi connectivity index (χ1v) is 14.5. The molecule has 2 atom stereocenters. The molecule has 37 heavy (non-hydrogen) atoms. The van der Waals surface area contributed by atoms with Crippen molar-refractivity contribution in [3.8, 4) is 0 Å². The summed E-state index contributed by atoms with van der Waals surface area (Å²) in [6.45, 7) is 4.16. The van der Waals surface area contributed by atoms with Crippen molar-refractivity contribution < 1.29 is 9.59 Å². The molecule has 0 aliphatic heterocycles. The van der Waals surface area contributed by atoms with Crippen LogP contribution < -0.4 is 5.32 Å². The highest BCUT2D eigenvalue weighted by molar-refractivity contribution is 7.99. The van der Waals surface area contributed by atoms with Crippen LogP contribution in [0, 0.1) is 0 Å². The van der Waals surface area contributed by atoms with Gasteiger partial charge in [0.1, 0.15) is 6.04 Å². The first kappa shape index (κ1) is 29.4. The van der Waals surface area contributed by atoms with Crippen LogP contribution >= 0.6 is 46.6 Å². The summed E-state index contributed by atoms with van der Waals surface area (Å²) in [4.78, 5) is 28.9. The van der Waals surface area contributed by atoms with Crippen molar-refractivity contribution >= 4 is 58.4 Å². The molecule has 0 aromatic heterocycles. The van der Waals surface area contributed by atoms with Crippen LogP contribution in [-0.2, 0) is 28.3 Å². The third-order valence-corrected chi connectivity index (χ3v) is 7.99. The monoisotopic (exact) mass is 576 g/mol. The summed E-state index contributed by atoms with van der Waals surface area (Å²) < 4.78 is 0. The molecule has 0 bridgehead atoms. The smallest absolute Gasteiger partial charge is 0.243 e. The fourth-order valence-corrected chi connectivity index (χ4v) is 5.44. The predicted octanol–water partition coefficient (Wildman–Crippen LogP) is 7.43. The summed E-state index contributed by atoms with van der Waals surface area (Å²) in [5.74, 6) is 0.442. The lowest BCUT2D eigenvalue weighted by atomic mass is 10.0. The molecule has 0 aliphatic carbocycles. The summed E-state index contributed by atoms with van der Waals surface area (Å²) in [6, 6.07) is 21.8. The summed E-state index contributed by atoms with van der Waals surface area (Å²) in [5.41, 5.74) is 2.66. The predicted molar refractivity (Wildman–Crippen MR) is 156 cm³/mol. The van der Waals surface area contributed by atoms with E-state index in [0.29, 0.717) is 27.2 Å². The zero-order chi connectivity index (χ0) is 26.8. The van der Waals surface area contributed by atoms with E-state index in [1.54, 1.807) is 23.1 Å². The molecule has 1 N–H and O–H groups in total. The quantitative estimate of drug-likeness (QED) is 0.243. The summed E-state index contributed by atoms with van der Waals surface area (Å²) >= 11 is 20.4. The number of thioether (sulfide) groups is 1. The maximum atomic E-state index is 13.7. The van der Waals surface area contributed by atoms with Crippen LogP contribution in [0.25, 0.3) is 0 Å². The van der Waals surface area contributed by atoms with Crippen LogP contribution in [0.15, 0.2) is 72.8 Å². The zero-order valence-corrected chi connectivity index (χ0v) is 24.0. The second-order valence-corrected chi connectivity index (χ2v) is 11.1. The molecule has 0 spiro atoms. The van der Waals surface area contributed by atoms with Gasteiger partial charge in [0.2, 0.25) is 11.8 Å². The van der Waals surface area contributed by atoms with Gasteiger partial charge in [-0.25, -0.2) is 0 Å². The van der Waals surface area contributed by atoms with Crippen molar-refractivity contribution in [2.45, 2.75) is 51.1 Å². The van der Waals surface area contributed by atoms with Crippen molar-refractivity contribution in [2.75, 3.05) is 5.75 Å². The van der Waals surface area contributed by atoms with E-state index in [1.165, 1.54) is 11.8 Å². The Morgan fingerprint density at radius 2 is 1.62 bits per heavy atom. The van der Waals surface area contributed by atoms with E-state index in [2.05, 4.69) is 5.32 Å². The number of carbonyl (C=O) groups is 2. The second-order valence-electron chi connectivity index (χ2n) is 8.86. The Labute approximate surface area is 238 Å². The molecule has 3 rings (SSSR count). The van der Waals surface area contributed by atoms with E-state index in [0.717, 1.165) is 23.1 Å². The van der Waals surface area contributed by atoms with Gasteiger partial charge in [0.25, 0.3) is 0 Å². The van der Waals surface area contributed by atoms with E-state index in [1.807, 2.05) is 68.4 Å². The Hall–Kier alpha value is -2.18. The maximum Gasteiger partial charge on any atom is 0.243 e. The van der Waals surface area contributed by atoms with Crippen LogP contribution in [0.1, 0.15) is 37.0 Å². The summed E-state index contributed by atoms with van der Waals surface area (Å²) in [6.07, 6.45) is 1.17. The molecule has 0 saturated carbocycles. The summed E-state index contributed by atoms with van der Waals surface area (Å²) in [5, 5.41) is 4.71. The molecule has 0 aliphatic rings. The fraction of sp³-hybridized carbons (Fsp3) is 0.310. The lowest BCUT2D eigenvalue weighted by Gasteiger charge is -2.32. The van der Waals surface area contributed by atoms with Gasteiger partial charge < -0.3 is 10.2 Å². The second kappa shape index (κ2) is 14.7. The summed E-state index contributed by atoms with van der Waals surface area (Å²) in [7, 11) is 0. The zero-order valence-electron chi connectivity index (χ0n) is 20.9. The van der Waals surface area contributed by atoms with Gasteiger partial charge in [0.05, 0.1) is 5.75 Å². The highest BCUT2D eigenvalue weighted by Crippen LogP contribution is 2.26. The van der Waals surface area contributed by atoms with Gasteiger partial charge in [-0.15, -0.1) is 11.8 Å². The van der Waals surface area contributed by atoms with Gasteiger partial charge in [0, 0.05) is 39.8 Å². The van der Waals surface area contributed by atoms with Crippen molar-refractivity contribution in [3.63, 3.8) is 0 Å². The number of amides is 2. The standard InChI is InChI=1S/C29H31Cl3N2O2S/c1-3-20(2)33-29(36)27(15-21-9-5-4-6-10-21)34(17-22-13-14-24(30)16-26(22)32)28(35)19-37-18-23-11-7-8-12-25(23)31/h4-14,16,20,27H,3,15,17-19H2,1-2H3,(H,33,36)/t20-,27+/m0/s1. The number of hydrogen-bond acceptors (Lipinski definition) is 3. The van der Waals surface area contributed by atoms with Gasteiger partial charge in [-0.05, 0) is 48.2 Å². The molecule has 3 aromatic rings. The largest absolute Gasteiger partial charge is 0.352 e. The van der Waals surface area contributed by atoms with Gasteiger partial charge >= 0.3 is 0 Å². The molecule has 3 aromatic carbocycles. The van der Waals surface area contributed by atoms with Crippen molar-refractivity contribution in [1.82, 2.24) is 10.2 Å². The minimum absolute atomic E-state index is 0.0172. The van der Waals surface area contributed by atoms with Crippen LogP contribution in [0.3, 0.4) is 0 Å². The third-order valence-electron chi connectivity index (χ3n) is 6.07. The van der Waals surface area contributed by atoms with E-state index >= 15 is 0 Å². The first-order valence-electron chi connectivity index (χ1n) is 12.2. The molecule has 196 valence electrons. The van der Waals surface area contributed by atoms with E-state index in [9.17, 15) is 9.59 Å². The average molecular weight is 578 g/mol. The van der Waals surface area contributed by atoms with Gasteiger partial charge in [-0.3, -0.25) is 9.59 Å². The highest BCUT2D eigenvalue weighted by atomic mass is 35.5. The number of carbonyl (C=O) groups excluding carboxylic acids is 2. The minimum atomic E-state index is -0.712. The minimum Gasteiger partial charge on any atom is -0.352 e. The van der Waals surface area contributed by atoms with Crippen molar-refractivity contribution in [2.24, 2.45) is 0 Å². The topological polar surface area (TPSA) is 49.4 Å². The number of nitrogens with zero attached hydrogens (tertiary/aromatic N) is 1. The fourth-order valence-electron chi connectivity index (χ4n) is 3.78. The number of rotatable bonds is 12. The number of hydrogen-bond donors (Lipinski definition) is 1. The molecule has 4 nitrogen and oxygen atoms in total. The van der Waals surface area contributed by atoms with Gasteiger partial charge in [0.15, 0.2) is 0 Å². The Kier molecular flexibility index (Phi) is 11.7. The molecule has 0 fully saturated rings. The number of halogens is 3. The number of nitrogens with one attached hydrogen (secondary N) is 1. The van der Waals surface area contributed by atoms with Crippen LogP contribution in [0.4, 0.5) is 0 Å². The molecular weight excluding hydrogens is 547 g/mol. The van der Waals surface area contributed by atoms with Gasteiger partial charge in [-0.1, -0.05) is 96.3 Å². The SMILES string of the molecule is CC[C@H](C)NC(=O)[C@@H](Cc1ccccc1)N(Cc1ccc(Cl)cc1Cl)C(=O)CSCc1ccccc1Cl.